The predicted molar refractivity (Wildman–Crippen MR) is 94.5 cm³/mol. The number of hydrogen-bond acceptors (Lipinski definition) is 7. The van der Waals surface area contributed by atoms with Crippen LogP contribution in [0.1, 0.15) is 24.2 Å². The van der Waals surface area contributed by atoms with Crippen LogP contribution < -0.4 is 0 Å². The summed E-state index contributed by atoms with van der Waals surface area (Å²) in [6, 6.07) is 6.38. The highest BCUT2D eigenvalue weighted by Gasteiger charge is 2.35. The molecular weight excluding hydrogens is 344 g/mol. The van der Waals surface area contributed by atoms with Crippen LogP contribution >= 0.6 is 11.8 Å². The van der Waals surface area contributed by atoms with Crippen molar-refractivity contribution in [3.63, 3.8) is 0 Å². The smallest absolute Gasteiger partial charge is 0.337 e. The Morgan fingerprint density at radius 1 is 1.16 bits per heavy atom. The molecule has 0 bridgehead atoms. The zero-order valence-electron chi connectivity index (χ0n) is 14.3. The third kappa shape index (κ3) is 4.27. The lowest BCUT2D eigenvalue weighted by molar-refractivity contribution is -0.135. The van der Waals surface area contributed by atoms with Gasteiger partial charge in [0.05, 0.1) is 30.4 Å². The summed E-state index contributed by atoms with van der Waals surface area (Å²) in [6.45, 7) is 3.71. The quantitative estimate of drug-likeness (QED) is 0.604. The van der Waals surface area contributed by atoms with Crippen LogP contribution in [-0.4, -0.2) is 48.2 Å². The summed E-state index contributed by atoms with van der Waals surface area (Å²) >= 11 is 1.10. The Labute approximate surface area is 149 Å². The number of nitrogens with zero attached hydrogens (tertiary/aromatic N) is 2. The largest absolute Gasteiger partial charge is 0.466 e. The molecule has 0 spiro atoms. The maximum Gasteiger partial charge on any atom is 0.337 e. The number of hydrogen-bond donors (Lipinski definition) is 0. The van der Waals surface area contributed by atoms with Gasteiger partial charge in [-0.25, -0.2) is 14.6 Å². The summed E-state index contributed by atoms with van der Waals surface area (Å²) in [4.78, 5) is 41.6. The zero-order chi connectivity index (χ0) is 18.6. The topological polar surface area (TPSA) is 85.3 Å². The fraction of sp³-hybridized carbons (Fsp3) is 0.294. The van der Waals surface area contributed by atoms with Crippen molar-refractivity contribution in [2.45, 2.75) is 19.9 Å². The zero-order valence-corrected chi connectivity index (χ0v) is 15.1. The first-order chi connectivity index (χ1) is 11.9. The predicted octanol–water partition coefficient (Wildman–Crippen LogP) is 2.50. The van der Waals surface area contributed by atoms with Crippen molar-refractivity contribution in [2.75, 3.05) is 14.2 Å². The Morgan fingerprint density at radius 3 is 2.32 bits per heavy atom. The van der Waals surface area contributed by atoms with E-state index in [2.05, 4.69) is 14.5 Å². The molecule has 1 aliphatic heterocycles. The average Bonchev–Trinajstić information content (AvgIpc) is 2.90. The lowest BCUT2D eigenvalue weighted by atomic mass is 10.2. The van der Waals surface area contributed by atoms with Crippen molar-refractivity contribution in [3.8, 4) is 0 Å². The van der Waals surface area contributed by atoms with E-state index in [1.807, 2.05) is 13.8 Å². The third-order valence-corrected chi connectivity index (χ3v) is 4.30. The van der Waals surface area contributed by atoms with E-state index in [1.54, 1.807) is 24.3 Å². The number of aliphatic imine (C=N–C) groups is 1. The average molecular weight is 362 g/mol. The molecule has 7 nitrogen and oxygen atoms in total. The molecule has 1 aromatic rings. The third-order valence-electron chi connectivity index (χ3n) is 3.32. The maximum atomic E-state index is 12.5. The molecular formula is C17H18N2O5S. The van der Waals surface area contributed by atoms with Gasteiger partial charge in [0, 0.05) is 12.1 Å². The lowest BCUT2D eigenvalue weighted by Crippen LogP contribution is -2.35. The Bertz CT molecular complexity index is 753. The van der Waals surface area contributed by atoms with Gasteiger partial charge in [0.1, 0.15) is 0 Å². The number of methoxy groups -OCH3 is 2. The van der Waals surface area contributed by atoms with Gasteiger partial charge < -0.3 is 9.47 Å². The number of amides is 1. The van der Waals surface area contributed by atoms with Crippen LogP contribution in [0.15, 0.2) is 40.2 Å². The second-order valence-electron chi connectivity index (χ2n) is 5.34. The first-order valence-electron chi connectivity index (χ1n) is 7.45. The van der Waals surface area contributed by atoms with Crippen molar-refractivity contribution < 1.29 is 23.9 Å². The highest BCUT2D eigenvalue weighted by Crippen LogP contribution is 2.34. The highest BCUT2D eigenvalue weighted by atomic mass is 32.2. The summed E-state index contributed by atoms with van der Waals surface area (Å²) in [5.74, 6) is -1.32. The van der Waals surface area contributed by atoms with Crippen LogP contribution in [0.2, 0.25) is 0 Å². The van der Waals surface area contributed by atoms with Gasteiger partial charge >= 0.3 is 11.9 Å². The Balaban J connectivity index is 2.33. The molecule has 1 amide bonds. The summed E-state index contributed by atoms with van der Waals surface area (Å²) in [7, 11) is 2.56. The van der Waals surface area contributed by atoms with Crippen LogP contribution in [0.5, 0.6) is 0 Å². The molecule has 132 valence electrons. The monoisotopic (exact) mass is 362 g/mol. The van der Waals surface area contributed by atoms with Crippen LogP contribution in [0, 0.1) is 0 Å². The number of carbonyl (C=O) groups is 3. The Hall–Kier alpha value is -2.61. The molecule has 0 N–H and O–H groups in total. The van der Waals surface area contributed by atoms with E-state index in [0.29, 0.717) is 16.4 Å². The minimum absolute atomic E-state index is 0.128. The standard InChI is InChI=1S/C17H18N2O5S/c1-10(2)19-15(21)13(9-14(20)23-3)25-17(19)18-12-7-5-11(6-8-12)16(22)24-4/h5-10H,1-4H3/b13-9+,18-17?. The lowest BCUT2D eigenvalue weighted by Gasteiger charge is -2.19. The number of esters is 2. The summed E-state index contributed by atoms with van der Waals surface area (Å²) in [6.07, 6.45) is 1.16. The van der Waals surface area contributed by atoms with Gasteiger partial charge in [-0.3, -0.25) is 9.69 Å². The van der Waals surface area contributed by atoms with Gasteiger partial charge in [0.2, 0.25) is 0 Å². The minimum atomic E-state index is -0.594. The molecule has 1 aliphatic rings. The summed E-state index contributed by atoms with van der Waals surface area (Å²) < 4.78 is 9.22. The fourth-order valence-electron chi connectivity index (χ4n) is 2.09. The fourth-order valence-corrected chi connectivity index (χ4v) is 3.17. The molecule has 2 rings (SSSR count). The van der Waals surface area contributed by atoms with Crippen molar-refractivity contribution >= 4 is 40.5 Å². The summed E-state index contributed by atoms with van der Waals surface area (Å²) in [5.41, 5.74) is 0.988. The number of ether oxygens (including phenoxy) is 2. The molecule has 0 unspecified atom stereocenters. The van der Waals surface area contributed by atoms with E-state index in [4.69, 9.17) is 0 Å². The van der Waals surface area contributed by atoms with E-state index in [-0.39, 0.29) is 16.9 Å². The number of carbonyl (C=O) groups excluding carboxylic acids is 3. The molecule has 0 radical (unpaired) electrons. The van der Waals surface area contributed by atoms with E-state index in [1.165, 1.54) is 19.1 Å². The summed E-state index contributed by atoms with van der Waals surface area (Å²) in [5, 5.41) is 0.459. The van der Waals surface area contributed by atoms with Crippen molar-refractivity contribution in [2.24, 2.45) is 4.99 Å². The van der Waals surface area contributed by atoms with Gasteiger partial charge in [0.25, 0.3) is 5.91 Å². The molecule has 25 heavy (non-hydrogen) atoms. The molecule has 0 saturated carbocycles. The maximum absolute atomic E-state index is 12.5. The molecule has 0 atom stereocenters. The molecule has 1 fully saturated rings. The molecule has 0 aliphatic carbocycles. The van der Waals surface area contributed by atoms with Crippen LogP contribution in [0.3, 0.4) is 0 Å². The number of thioether (sulfide) groups is 1. The van der Waals surface area contributed by atoms with E-state index in [0.717, 1.165) is 17.8 Å². The van der Waals surface area contributed by atoms with Crippen LogP contribution in [0.25, 0.3) is 0 Å². The first-order valence-corrected chi connectivity index (χ1v) is 8.27. The molecule has 8 heteroatoms. The SMILES string of the molecule is COC(=O)/C=C1/SC(=Nc2ccc(C(=O)OC)cc2)N(C(C)C)C1=O. The second-order valence-corrected chi connectivity index (χ2v) is 6.34. The molecule has 1 aromatic carbocycles. The van der Waals surface area contributed by atoms with Crippen LogP contribution in [0.4, 0.5) is 5.69 Å². The van der Waals surface area contributed by atoms with Crippen molar-refractivity contribution in [3.05, 3.63) is 40.8 Å². The molecule has 1 heterocycles. The Morgan fingerprint density at radius 2 is 1.80 bits per heavy atom. The van der Waals surface area contributed by atoms with E-state index in [9.17, 15) is 14.4 Å². The first kappa shape index (κ1) is 18.7. The highest BCUT2D eigenvalue weighted by molar-refractivity contribution is 8.18. The number of benzene rings is 1. The van der Waals surface area contributed by atoms with E-state index < -0.39 is 11.9 Å². The van der Waals surface area contributed by atoms with Gasteiger partial charge in [0.15, 0.2) is 5.17 Å². The van der Waals surface area contributed by atoms with Gasteiger partial charge in [-0.1, -0.05) is 0 Å². The normalized spacial score (nSPS) is 17.5. The van der Waals surface area contributed by atoms with E-state index >= 15 is 0 Å². The number of amidine groups is 1. The minimum Gasteiger partial charge on any atom is -0.466 e. The number of rotatable bonds is 4. The Kier molecular flexibility index (Phi) is 5.97. The van der Waals surface area contributed by atoms with Crippen molar-refractivity contribution in [1.82, 2.24) is 4.90 Å². The molecule has 0 aromatic heterocycles. The van der Waals surface area contributed by atoms with Crippen molar-refractivity contribution in [1.29, 1.82) is 0 Å². The second kappa shape index (κ2) is 7.98. The van der Waals surface area contributed by atoms with Gasteiger partial charge in [-0.05, 0) is 49.9 Å². The van der Waals surface area contributed by atoms with Crippen LogP contribution in [-0.2, 0) is 19.1 Å². The van der Waals surface area contributed by atoms with Gasteiger partial charge in [-0.15, -0.1) is 0 Å². The molecule has 1 saturated heterocycles. The van der Waals surface area contributed by atoms with Gasteiger partial charge in [-0.2, -0.15) is 0 Å².